The van der Waals surface area contributed by atoms with E-state index in [4.69, 9.17) is 0 Å². The molecule has 3 rings (SSSR count). The van der Waals surface area contributed by atoms with Crippen LogP contribution in [-0.2, 0) is 0 Å². The first kappa shape index (κ1) is 13.9. The maximum atomic E-state index is 3.80. The largest absolute Gasteiger partial charge is 0.313 e. The highest BCUT2D eigenvalue weighted by atomic mass is 15.0. The van der Waals surface area contributed by atoms with Crippen molar-refractivity contribution in [3.8, 4) is 0 Å². The van der Waals surface area contributed by atoms with Crippen LogP contribution in [0.4, 0.5) is 0 Å². The molecule has 2 unspecified atom stereocenters. The highest BCUT2D eigenvalue weighted by Gasteiger charge is 2.37. The lowest BCUT2D eigenvalue weighted by Crippen LogP contribution is -2.27. The smallest absolute Gasteiger partial charge is 0.0139 e. The zero-order valence-electron chi connectivity index (χ0n) is 12.6. The third-order valence-electron chi connectivity index (χ3n) is 4.96. The summed E-state index contributed by atoms with van der Waals surface area (Å²) in [5.74, 6) is 1.72. The third-order valence-corrected chi connectivity index (χ3v) is 4.96. The fraction of sp³-hybridized carbons (Fsp3) is 0.579. The summed E-state index contributed by atoms with van der Waals surface area (Å²) in [6, 6.07) is 11.4. The van der Waals surface area contributed by atoms with Crippen LogP contribution in [-0.4, -0.2) is 12.6 Å². The number of nitrogens with one attached hydrogen (secondary N) is 1. The summed E-state index contributed by atoms with van der Waals surface area (Å²) >= 11 is 0. The van der Waals surface area contributed by atoms with Gasteiger partial charge in [0, 0.05) is 6.04 Å². The minimum atomic E-state index is 0.747. The van der Waals surface area contributed by atoms with E-state index in [1.165, 1.54) is 56.2 Å². The van der Waals surface area contributed by atoms with E-state index in [2.05, 4.69) is 48.6 Å². The van der Waals surface area contributed by atoms with Crippen LogP contribution in [0.1, 0.15) is 51.0 Å². The van der Waals surface area contributed by atoms with Gasteiger partial charge in [-0.25, -0.2) is 0 Å². The van der Waals surface area contributed by atoms with Crippen LogP contribution < -0.4 is 5.32 Å². The third kappa shape index (κ3) is 3.73. The second-order valence-corrected chi connectivity index (χ2v) is 6.66. The van der Waals surface area contributed by atoms with Gasteiger partial charge in [-0.3, -0.25) is 0 Å². The van der Waals surface area contributed by atoms with Crippen LogP contribution in [0.2, 0.25) is 0 Å². The van der Waals surface area contributed by atoms with Crippen molar-refractivity contribution in [2.24, 2.45) is 11.8 Å². The first-order valence-corrected chi connectivity index (χ1v) is 8.29. The molecular formula is C19H27N. The van der Waals surface area contributed by atoms with Crippen molar-refractivity contribution in [1.82, 2.24) is 5.32 Å². The number of rotatable bonds is 5. The van der Waals surface area contributed by atoms with Crippen LogP contribution in [0.3, 0.4) is 0 Å². The number of hydrogen-bond donors (Lipinski definition) is 1. The normalized spacial score (nSPS) is 27.6. The van der Waals surface area contributed by atoms with Crippen LogP contribution in [0.5, 0.6) is 0 Å². The molecule has 2 fully saturated rings. The van der Waals surface area contributed by atoms with Gasteiger partial charge in [-0.15, -0.1) is 0 Å². The van der Waals surface area contributed by atoms with Gasteiger partial charge in [0.25, 0.3) is 0 Å². The topological polar surface area (TPSA) is 12.0 Å². The molecule has 1 aromatic rings. The summed E-state index contributed by atoms with van der Waals surface area (Å²) in [6.07, 6.45) is 10.9. The molecular weight excluding hydrogens is 242 g/mol. The average Bonchev–Trinajstić information content (AvgIpc) is 3.27. The number of benzene rings is 1. The zero-order chi connectivity index (χ0) is 13.8. The maximum absolute atomic E-state index is 3.80. The molecule has 0 aromatic heterocycles. The minimum Gasteiger partial charge on any atom is -0.313 e. The molecule has 0 saturated heterocycles. The molecule has 1 nitrogen and oxygen atoms in total. The lowest BCUT2D eigenvalue weighted by molar-refractivity contribution is 0.340. The van der Waals surface area contributed by atoms with E-state index in [1.54, 1.807) is 0 Å². The second-order valence-electron chi connectivity index (χ2n) is 6.66. The molecule has 0 heterocycles. The lowest BCUT2D eigenvalue weighted by Gasteiger charge is -2.21. The van der Waals surface area contributed by atoms with Gasteiger partial charge in [0.05, 0.1) is 0 Å². The van der Waals surface area contributed by atoms with Gasteiger partial charge in [-0.05, 0) is 50.1 Å². The molecule has 0 aliphatic heterocycles. The Kier molecular flexibility index (Phi) is 4.57. The summed E-state index contributed by atoms with van der Waals surface area (Å²) < 4.78 is 0. The van der Waals surface area contributed by atoms with Gasteiger partial charge in [-0.1, -0.05) is 61.2 Å². The molecule has 0 radical (unpaired) electrons. The van der Waals surface area contributed by atoms with E-state index >= 15 is 0 Å². The quantitative estimate of drug-likeness (QED) is 0.820. The Bertz CT molecular complexity index is 442. The van der Waals surface area contributed by atoms with E-state index in [0.717, 1.165) is 17.9 Å². The monoisotopic (exact) mass is 269 g/mol. The van der Waals surface area contributed by atoms with Crippen LogP contribution >= 0.6 is 0 Å². The maximum Gasteiger partial charge on any atom is 0.0139 e. The van der Waals surface area contributed by atoms with Crippen molar-refractivity contribution >= 4 is 6.08 Å². The molecule has 0 bridgehead atoms. The summed E-state index contributed by atoms with van der Waals surface area (Å²) in [5.41, 5.74) is 2.88. The van der Waals surface area contributed by atoms with E-state index in [1.807, 2.05) is 0 Å². The van der Waals surface area contributed by atoms with E-state index in [-0.39, 0.29) is 0 Å². The molecule has 2 saturated carbocycles. The molecule has 20 heavy (non-hydrogen) atoms. The summed E-state index contributed by atoms with van der Waals surface area (Å²) in [6.45, 7) is 3.54. The second kappa shape index (κ2) is 6.58. The van der Waals surface area contributed by atoms with Crippen molar-refractivity contribution in [2.45, 2.75) is 51.5 Å². The molecule has 108 valence electrons. The van der Waals surface area contributed by atoms with E-state index in [0.29, 0.717) is 0 Å². The SMILES string of the molecule is C/C(=C\c1ccccc1)C1CC1NCC1CCCCC1. The van der Waals surface area contributed by atoms with Gasteiger partial charge in [-0.2, -0.15) is 0 Å². The molecule has 1 heteroatoms. The Balaban J connectivity index is 1.45. The Morgan fingerprint density at radius 3 is 2.65 bits per heavy atom. The highest BCUT2D eigenvalue weighted by molar-refractivity contribution is 5.53. The van der Waals surface area contributed by atoms with Gasteiger partial charge >= 0.3 is 0 Å². The fourth-order valence-corrected chi connectivity index (χ4v) is 3.55. The van der Waals surface area contributed by atoms with Gasteiger partial charge in [0.15, 0.2) is 0 Å². The zero-order valence-corrected chi connectivity index (χ0v) is 12.6. The molecule has 2 aliphatic rings. The minimum absolute atomic E-state index is 0.747. The van der Waals surface area contributed by atoms with Gasteiger partial charge < -0.3 is 5.32 Å². The van der Waals surface area contributed by atoms with Crippen molar-refractivity contribution in [1.29, 1.82) is 0 Å². The van der Waals surface area contributed by atoms with E-state index < -0.39 is 0 Å². The van der Waals surface area contributed by atoms with Gasteiger partial charge in [0.1, 0.15) is 0 Å². The van der Waals surface area contributed by atoms with Crippen molar-refractivity contribution in [2.75, 3.05) is 6.54 Å². The van der Waals surface area contributed by atoms with Crippen molar-refractivity contribution < 1.29 is 0 Å². The summed E-state index contributed by atoms with van der Waals surface area (Å²) in [7, 11) is 0. The molecule has 0 spiro atoms. The average molecular weight is 269 g/mol. The summed E-state index contributed by atoms with van der Waals surface area (Å²) in [5, 5.41) is 3.80. The Hall–Kier alpha value is -1.08. The number of hydrogen-bond acceptors (Lipinski definition) is 1. The summed E-state index contributed by atoms with van der Waals surface area (Å²) in [4.78, 5) is 0. The first-order chi connectivity index (χ1) is 9.83. The molecule has 2 aliphatic carbocycles. The van der Waals surface area contributed by atoms with Crippen molar-refractivity contribution in [3.05, 3.63) is 41.5 Å². The van der Waals surface area contributed by atoms with Crippen molar-refractivity contribution in [3.63, 3.8) is 0 Å². The Labute approximate surface area is 123 Å². The standard InChI is InChI=1S/C19H27N/c1-15(12-16-8-4-2-5-9-16)18-13-19(18)20-14-17-10-6-3-7-11-17/h2,4-5,8-9,12,17-20H,3,6-7,10-11,13-14H2,1H3/b15-12+. The molecule has 1 aromatic carbocycles. The lowest BCUT2D eigenvalue weighted by atomic mass is 9.89. The molecule has 0 amide bonds. The molecule has 2 atom stereocenters. The highest BCUT2D eigenvalue weighted by Crippen LogP contribution is 2.38. The fourth-order valence-electron chi connectivity index (χ4n) is 3.55. The Morgan fingerprint density at radius 1 is 1.15 bits per heavy atom. The van der Waals surface area contributed by atoms with Crippen LogP contribution in [0.25, 0.3) is 6.08 Å². The molecule has 1 N–H and O–H groups in total. The van der Waals surface area contributed by atoms with Crippen LogP contribution in [0.15, 0.2) is 35.9 Å². The first-order valence-electron chi connectivity index (χ1n) is 8.29. The predicted molar refractivity (Wildman–Crippen MR) is 86.6 cm³/mol. The predicted octanol–water partition coefficient (Wildman–Crippen LogP) is 4.65. The van der Waals surface area contributed by atoms with Gasteiger partial charge in [0.2, 0.25) is 0 Å². The van der Waals surface area contributed by atoms with E-state index in [9.17, 15) is 0 Å². The van der Waals surface area contributed by atoms with Crippen LogP contribution in [0, 0.1) is 11.8 Å². The Morgan fingerprint density at radius 2 is 1.90 bits per heavy atom.